The Balaban J connectivity index is 0.00000245. The number of carbonyl (C=O) groups excluding carboxylic acids is 2. The fourth-order valence-corrected chi connectivity index (χ4v) is 4.30. The van der Waals surface area contributed by atoms with Crippen LogP contribution in [0.2, 0.25) is 0 Å². The second kappa shape index (κ2) is 8.53. The number of benzene rings is 2. The Morgan fingerprint density at radius 2 is 1.72 bits per heavy atom. The van der Waals surface area contributed by atoms with Crippen molar-refractivity contribution in [1.29, 1.82) is 0 Å². The molecule has 1 aliphatic rings. The van der Waals surface area contributed by atoms with E-state index in [2.05, 4.69) is 9.97 Å². The first-order valence-electron chi connectivity index (χ1n) is 10.1. The standard InChI is InChI=1S/C24H20N4O3.ClH/c25-19(11-14-12-26-13-27-14)20(29)9-10-28-22-16-6-2-3-7-17(16)23(30)21(22)15-5-1-4-8-18(15)24(28)31;/h1-8,12-13,19H,9-11,25H2,(H,26,27);1H/t19-;/m1./s1. The van der Waals surface area contributed by atoms with Gasteiger partial charge >= 0.3 is 0 Å². The fraction of sp³-hybridized carbons (Fsp3) is 0.167. The number of nitrogens with zero attached hydrogens (tertiary/aromatic N) is 2. The third-order valence-corrected chi connectivity index (χ3v) is 5.82. The van der Waals surface area contributed by atoms with Crippen LogP contribution in [0.4, 0.5) is 0 Å². The zero-order valence-electron chi connectivity index (χ0n) is 17.1. The van der Waals surface area contributed by atoms with Gasteiger partial charge in [-0.3, -0.25) is 14.4 Å². The number of fused-ring (bicyclic) bond motifs is 5. The quantitative estimate of drug-likeness (QED) is 0.415. The molecule has 8 heteroatoms. The molecule has 5 rings (SSSR count). The molecule has 2 aromatic carbocycles. The van der Waals surface area contributed by atoms with E-state index in [-0.39, 0.29) is 42.5 Å². The second-order valence-corrected chi connectivity index (χ2v) is 7.70. The van der Waals surface area contributed by atoms with Crippen molar-refractivity contribution in [3.05, 3.63) is 88.2 Å². The van der Waals surface area contributed by atoms with Gasteiger partial charge in [-0.15, -0.1) is 12.4 Å². The predicted octanol–water partition coefficient (Wildman–Crippen LogP) is 2.89. The van der Waals surface area contributed by atoms with Crippen molar-refractivity contribution in [3.63, 3.8) is 0 Å². The van der Waals surface area contributed by atoms with E-state index in [1.165, 1.54) is 0 Å². The number of hydrogen-bond donors (Lipinski definition) is 2. The number of ketones is 2. The van der Waals surface area contributed by atoms with Crippen molar-refractivity contribution in [2.75, 3.05) is 0 Å². The van der Waals surface area contributed by atoms with Gasteiger partial charge in [0.15, 0.2) is 11.6 Å². The Kier molecular flexibility index (Phi) is 5.78. The summed E-state index contributed by atoms with van der Waals surface area (Å²) in [7, 11) is 0. The lowest BCUT2D eigenvalue weighted by molar-refractivity contribution is -0.120. The Morgan fingerprint density at radius 3 is 2.44 bits per heavy atom. The van der Waals surface area contributed by atoms with Crippen molar-refractivity contribution < 1.29 is 9.59 Å². The van der Waals surface area contributed by atoms with Gasteiger partial charge in [-0.2, -0.15) is 0 Å². The maximum atomic E-state index is 13.3. The summed E-state index contributed by atoms with van der Waals surface area (Å²) in [6, 6.07) is 13.7. The molecule has 32 heavy (non-hydrogen) atoms. The number of imidazole rings is 1. The van der Waals surface area contributed by atoms with Gasteiger partial charge in [-0.05, 0) is 6.07 Å². The molecule has 4 aromatic rings. The van der Waals surface area contributed by atoms with E-state index in [1.54, 1.807) is 41.4 Å². The minimum Gasteiger partial charge on any atom is -0.348 e. The third kappa shape index (κ3) is 3.45. The number of hydrogen-bond acceptors (Lipinski definition) is 5. The predicted molar refractivity (Wildman–Crippen MR) is 124 cm³/mol. The number of nitrogens with one attached hydrogen (secondary N) is 1. The van der Waals surface area contributed by atoms with E-state index in [0.29, 0.717) is 34.0 Å². The molecule has 0 aliphatic heterocycles. The lowest BCUT2D eigenvalue weighted by atomic mass is 10.0. The topological polar surface area (TPSA) is 111 Å². The molecule has 162 valence electrons. The number of H-pyrrole nitrogens is 1. The normalized spacial score (nSPS) is 12.8. The highest BCUT2D eigenvalue weighted by Crippen LogP contribution is 2.39. The van der Waals surface area contributed by atoms with Gasteiger partial charge in [0.05, 0.1) is 23.6 Å². The molecule has 0 saturated carbocycles. The second-order valence-electron chi connectivity index (χ2n) is 7.70. The molecule has 0 unspecified atom stereocenters. The SMILES string of the molecule is Cl.N[C@H](Cc1cnc[nH]1)C(=O)CCn1c2c(c3ccccc3c1=O)C(=O)c1ccccc1-2. The maximum absolute atomic E-state index is 13.3. The van der Waals surface area contributed by atoms with Crippen molar-refractivity contribution >= 4 is 34.7 Å². The van der Waals surface area contributed by atoms with Gasteiger partial charge < -0.3 is 15.3 Å². The molecule has 0 saturated heterocycles. The summed E-state index contributed by atoms with van der Waals surface area (Å²) in [5.41, 5.74) is 9.04. The van der Waals surface area contributed by atoms with Gasteiger partial charge in [0, 0.05) is 53.2 Å². The first kappa shape index (κ1) is 21.7. The number of pyridine rings is 1. The zero-order valence-corrected chi connectivity index (χ0v) is 17.9. The van der Waals surface area contributed by atoms with Gasteiger partial charge in [0.25, 0.3) is 5.56 Å². The van der Waals surface area contributed by atoms with Crippen LogP contribution >= 0.6 is 12.4 Å². The highest BCUT2D eigenvalue weighted by molar-refractivity contribution is 6.26. The summed E-state index contributed by atoms with van der Waals surface area (Å²) >= 11 is 0. The number of nitrogens with two attached hydrogens (primary N) is 1. The van der Waals surface area contributed by atoms with Gasteiger partial charge in [-0.25, -0.2) is 4.98 Å². The molecule has 1 atom stereocenters. The lowest BCUT2D eigenvalue weighted by Crippen LogP contribution is -2.34. The monoisotopic (exact) mass is 448 g/mol. The van der Waals surface area contributed by atoms with Crippen molar-refractivity contribution in [2.45, 2.75) is 25.4 Å². The Hall–Kier alpha value is -3.55. The van der Waals surface area contributed by atoms with Crippen molar-refractivity contribution in [3.8, 4) is 11.3 Å². The average Bonchev–Trinajstić information content (AvgIpc) is 3.40. The average molecular weight is 449 g/mol. The Morgan fingerprint density at radius 1 is 1.03 bits per heavy atom. The van der Waals surface area contributed by atoms with E-state index < -0.39 is 6.04 Å². The Bertz CT molecular complexity index is 1390. The number of halogens is 1. The number of rotatable bonds is 6. The summed E-state index contributed by atoms with van der Waals surface area (Å²) in [5, 5.41) is 1.11. The molecular formula is C24H21ClN4O3. The van der Waals surface area contributed by atoms with Gasteiger partial charge in [-0.1, -0.05) is 42.5 Å². The van der Waals surface area contributed by atoms with Crippen LogP contribution in [-0.4, -0.2) is 32.1 Å². The number of aromatic nitrogens is 3. The van der Waals surface area contributed by atoms with E-state index in [1.807, 2.05) is 24.3 Å². The van der Waals surface area contributed by atoms with Crippen LogP contribution in [-0.2, 0) is 17.8 Å². The number of aromatic amines is 1. The number of carbonyl (C=O) groups is 2. The molecule has 0 amide bonds. The van der Waals surface area contributed by atoms with E-state index in [4.69, 9.17) is 5.73 Å². The van der Waals surface area contributed by atoms with Crippen LogP contribution < -0.4 is 11.3 Å². The van der Waals surface area contributed by atoms with E-state index >= 15 is 0 Å². The first-order chi connectivity index (χ1) is 15.1. The smallest absolute Gasteiger partial charge is 0.258 e. The summed E-state index contributed by atoms with van der Waals surface area (Å²) in [6.45, 7) is 0.156. The van der Waals surface area contributed by atoms with E-state index in [0.717, 1.165) is 11.3 Å². The fourth-order valence-electron chi connectivity index (χ4n) is 4.30. The summed E-state index contributed by atoms with van der Waals surface area (Å²) in [5.74, 6) is -0.251. The van der Waals surface area contributed by atoms with Crippen LogP contribution in [0.5, 0.6) is 0 Å². The van der Waals surface area contributed by atoms with Crippen LogP contribution in [0, 0.1) is 0 Å². The van der Waals surface area contributed by atoms with Gasteiger partial charge in [0.2, 0.25) is 0 Å². The molecule has 0 bridgehead atoms. The Labute approximate surface area is 189 Å². The van der Waals surface area contributed by atoms with E-state index in [9.17, 15) is 14.4 Å². The summed E-state index contributed by atoms with van der Waals surface area (Å²) in [6.07, 6.45) is 3.62. The van der Waals surface area contributed by atoms with Crippen LogP contribution in [0.15, 0.2) is 65.8 Å². The highest BCUT2D eigenvalue weighted by atomic mass is 35.5. The summed E-state index contributed by atoms with van der Waals surface area (Å²) < 4.78 is 1.56. The number of Topliss-reactive ketones (excluding diaryl/α,β-unsaturated/α-hetero) is 1. The van der Waals surface area contributed by atoms with Crippen LogP contribution in [0.1, 0.15) is 28.0 Å². The maximum Gasteiger partial charge on any atom is 0.258 e. The molecule has 2 aromatic heterocycles. The van der Waals surface area contributed by atoms with Gasteiger partial charge in [0.1, 0.15) is 0 Å². The van der Waals surface area contributed by atoms with Crippen LogP contribution in [0.3, 0.4) is 0 Å². The van der Waals surface area contributed by atoms with Crippen LogP contribution in [0.25, 0.3) is 22.0 Å². The molecule has 3 N–H and O–H groups in total. The summed E-state index contributed by atoms with van der Waals surface area (Å²) in [4.78, 5) is 46.1. The molecule has 2 heterocycles. The zero-order chi connectivity index (χ0) is 21.5. The molecule has 1 aliphatic carbocycles. The molecular weight excluding hydrogens is 428 g/mol. The molecule has 0 radical (unpaired) electrons. The highest BCUT2D eigenvalue weighted by Gasteiger charge is 2.32. The van der Waals surface area contributed by atoms with Crippen molar-refractivity contribution in [2.24, 2.45) is 5.73 Å². The lowest BCUT2D eigenvalue weighted by Gasteiger charge is -2.16. The molecule has 0 fully saturated rings. The first-order valence-corrected chi connectivity index (χ1v) is 10.1. The minimum atomic E-state index is -0.696. The largest absolute Gasteiger partial charge is 0.348 e. The molecule has 0 spiro atoms. The third-order valence-electron chi connectivity index (χ3n) is 5.82. The van der Waals surface area contributed by atoms with Crippen molar-refractivity contribution in [1.82, 2.24) is 14.5 Å². The molecule has 7 nitrogen and oxygen atoms in total. The minimum absolute atomic E-state index is 0.